The van der Waals surface area contributed by atoms with Gasteiger partial charge in [0.2, 0.25) is 0 Å². The molecule has 0 rings (SSSR count). The molecule has 0 N–H and O–H groups in total. The third-order valence-electron chi connectivity index (χ3n) is 1.76. The van der Waals surface area contributed by atoms with Crippen LogP contribution >= 0.6 is 27.5 Å². The van der Waals surface area contributed by atoms with Crippen molar-refractivity contribution in [3.8, 4) is 0 Å². The molecule has 0 atom stereocenters. The average molecular weight is 244 g/mol. The van der Waals surface area contributed by atoms with Gasteiger partial charge in [-0.2, -0.15) is 0 Å². The van der Waals surface area contributed by atoms with Gasteiger partial charge in [0.15, 0.2) is 0 Å². The summed E-state index contributed by atoms with van der Waals surface area (Å²) in [6, 6.07) is 2.76. The second-order valence-electron chi connectivity index (χ2n) is 3.40. The summed E-state index contributed by atoms with van der Waals surface area (Å²) in [7, 11) is -0.856. The Hall–Kier alpha value is 0.987. The normalized spacial score (nSPS) is 12.0. The number of hydrogen-bond acceptors (Lipinski definition) is 0. The number of alkyl halides is 2. The number of hydrogen-bond donors (Lipinski definition) is 0. The fraction of sp³-hybridized carbons (Fsp3) is 1.00. The molecule has 0 amide bonds. The van der Waals surface area contributed by atoms with Crippen LogP contribution in [-0.4, -0.2) is 19.3 Å². The molecule has 0 aliphatic rings. The van der Waals surface area contributed by atoms with Crippen molar-refractivity contribution in [2.24, 2.45) is 0 Å². The van der Waals surface area contributed by atoms with Gasteiger partial charge in [0, 0.05) is 19.3 Å². The van der Waals surface area contributed by atoms with Gasteiger partial charge >= 0.3 is 0 Å². The molecule has 0 aromatic heterocycles. The highest BCUT2D eigenvalue weighted by Gasteiger charge is 2.18. The monoisotopic (exact) mass is 242 g/mol. The lowest BCUT2D eigenvalue weighted by Crippen LogP contribution is -2.25. The summed E-state index contributed by atoms with van der Waals surface area (Å²) in [6.45, 7) is 4.86. The summed E-state index contributed by atoms with van der Waals surface area (Å²) in [4.78, 5) is 0. The van der Waals surface area contributed by atoms with E-state index in [2.05, 4.69) is 29.0 Å². The minimum absolute atomic E-state index is 0.832. The number of rotatable bonds is 5. The van der Waals surface area contributed by atoms with Gasteiger partial charge in [0.1, 0.15) is 0 Å². The molecule has 0 fully saturated rings. The van der Waals surface area contributed by atoms with Crippen LogP contribution in [0.15, 0.2) is 0 Å². The third-order valence-corrected chi connectivity index (χ3v) is 6.46. The van der Waals surface area contributed by atoms with E-state index >= 15 is 0 Å². The van der Waals surface area contributed by atoms with Crippen molar-refractivity contribution in [2.75, 3.05) is 11.2 Å². The Morgan fingerprint density at radius 3 is 2.30 bits per heavy atom. The highest BCUT2D eigenvalue weighted by Crippen LogP contribution is 2.18. The van der Waals surface area contributed by atoms with Crippen LogP contribution in [0.25, 0.3) is 0 Å². The lowest BCUT2D eigenvalue weighted by Gasteiger charge is -2.19. The number of halogens is 2. The van der Waals surface area contributed by atoms with Gasteiger partial charge in [-0.3, -0.25) is 0 Å². The zero-order valence-electron chi connectivity index (χ0n) is 6.79. The van der Waals surface area contributed by atoms with Gasteiger partial charge in [-0.05, 0) is 12.5 Å². The molecule has 0 aliphatic carbocycles. The van der Waals surface area contributed by atoms with Gasteiger partial charge in [-0.15, -0.1) is 11.6 Å². The molecule has 10 heavy (non-hydrogen) atoms. The summed E-state index contributed by atoms with van der Waals surface area (Å²) in [5.74, 6) is 0.832. The molecule has 62 valence electrons. The zero-order chi connectivity index (χ0) is 8.04. The first kappa shape index (κ1) is 11.0. The van der Waals surface area contributed by atoms with Crippen LogP contribution in [0.3, 0.4) is 0 Å². The van der Waals surface area contributed by atoms with Crippen molar-refractivity contribution in [3.63, 3.8) is 0 Å². The predicted octanol–water partition coefficient (Wildman–Crippen LogP) is 3.72. The second-order valence-corrected chi connectivity index (χ2v) is 9.90. The predicted molar refractivity (Wildman–Crippen MR) is 56.2 cm³/mol. The van der Waals surface area contributed by atoms with Crippen LogP contribution in [0.4, 0.5) is 0 Å². The fourth-order valence-electron chi connectivity index (χ4n) is 0.926. The molecule has 0 aromatic carbocycles. The van der Waals surface area contributed by atoms with E-state index in [4.69, 9.17) is 11.6 Å². The third kappa shape index (κ3) is 5.75. The van der Waals surface area contributed by atoms with E-state index in [0.29, 0.717) is 0 Å². The highest BCUT2D eigenvalue weighted by atomic mass is 79.9. The van der Waals surface area contributed by atoms with Crippen LogP contribution < -0.4 is 0 Å². The van der Waals surface area contributed by atoms with Crippen LogP contribution in [0.5, 0.6) is 0 Å². The Labute approximate surface area is 78.5 Å². The van der Waals surface area contributed by atoms with E-state index in [1.807, 2.05) is 0 Å². The molecule has 0 bridgehead atoms. The minimum atomic E-state index is -0.856. The summed E-state index contributed by atoms with van der Waals surface area (Å²) < 4.78 is 0. The molecule has 0 unspecified atom stereocenters. The molecular weight excluding hydrogens is 228 g/mol. The van der Waals surface area contributed by atoms with Crippen LogP contribution in [-0.2, 0) is 0 Å². The van der Waals surface area contributed by atoms with E-state index in [1.54, 1.807) is 0 Å². The molecule has 0 saturated heterocycles. The first-order valence-electron chi connectivity index (χ1n) is 3.74. The Balaban J connectivity index is 3.42. The molecule has 0 heterocycles. The summed E-state index contributed by atoms with van der Waals surface area (Å²) in [5, 5.41) is 1.16. The largest absolute Gasteiger partial charge is 0.127 e. The maximum Gasteiger partial charge on any atom is 0.0482 e. The Morgan fingerprint density at radius 1 is 1.30 bits per heavy atom. The topological polar surface area (TPSA) is 0 Å². The second kappa shape index (κ2) is 5.61. The molecule has 0 aromatic rings. The summed E-state index contributed by atoms with van der Waals surface area (Å²) >= 11 is 9.10. The first-order chi connectivity index (χ1) is 4.62. The molecule has 3 heteroatoms. The lowest BCUT2D eigenvalue weighted by molar-refractivity contribution is 1.04. The van der Waals surface area contributed by atoms with E-state index < -0.39 is 8.07 Å². The van der Waals surface area contributed by atoms with Crippen LogP contribution in [0, 0.1) is 0 Å². The minimum Gasteiger partial charge on any atom is -0.127 e. The quantitative estimate of drug-likeness (QED) is 0.510. The summed E-state index contributed by atoms with van der Waals surface area (Å²) in [5.41, 5.74) is 0. The van der Waals surface area contributed by atoms with E-state index in [1.165, 1.54) is 18.5 Å². The molecule has 0 aliphatic heterocycles. The van der Waals surface area contributed by atoms with Crippen LogP contribution in [0.2, 0.25) is 25.2 Å². The maximum atomic E-state index is 5.62. The fourth-order valence-corrected chi connectivity index (χ4v) is 6.40. The van der Waals surface area contributed by atoms with Gasteiger partial charge in [0.25, 0.3) is 0 Å². The standard InChI is InChI=1S/C7H16BrClSi/c1-10(2,7-4-8)6-3-5-9/h3-7H2,1-2H3. The van der Waals surface area contributed by atoms with E-state index in [0.717, 1.165) is 11.2 Å². The SMILES string of the molecule is C[Si](C)(CCBr)CCCCl. The zero-order valence-corrected chi connectivity index (χ0v) is 10.1. The van der Waals surface area contributed by atoms with Gasteiger partial charge in [-0.1, -0.05) is 35.1 Å². The molecule has 0 radical (unpaired) electrons. The Kier molecular flexibility index (Phi) is 6.17. The first-order valence-corrected chi connectivity index (χ1v) is 8.81. The van der Waals surface area contributed by atoms with E-state index in [-0.39, 0.29) is 0 Å². The highest BCUT2D eigenvalue weighted by molar-refractivity contribution is 9.09. The van der Waals surface area contributed by atoms with Crippen molar-refractivity contribution in [2.45, 2.75) is 31.6 Å². The lowest BCUT2D eigenvalue weighted by atomic mass is 10.6. The van der Waals surface area contributed by atoms with Crippen molar-refractivity contribution < 1.29 is 0 Å². The Bertz CT molecular complexity index is 85.7. The van der Waals surface area contributed by atoms with Gasteiger partial charge < -0.3 is 0 Å². The maximum absolute atomic E-state index is 5.62. The van der Waals surface area contributed by atoms with Gasteiger partial charge in [0.05, 0.1) is 0 Å². The Morgan fingerprint density at radius 2 is 1.90 bits per heavy atom. The van der Waals surface area contributed by atoms with Crippen LogP contribution in [0.1, 0.15) is 6.42 Å². The smallest absolute Gasteiger partial charge is 0.0482 e. The van der Waals surface area contributed by atoms with Crippen molar-refractivity contribution in [1.29, 1.82) is 0 Å². The van der Waals surface area contributed by atoms with Gasteiger partial charge in [-0.25, -0.2) is 0 Å². The van der Waals surface area contributed by atoms with Crippen molar-refractivity contribution >= 4 is 35.6 Å². The van der Waals surface area contributed by atoms with Crippen molar-refractivity contribution in [3.05, 3.63) is 0 Å². The summed E-state index contributed by atoms with van der Waals surface area (Å²) in [6.07, 6.45) is 1.20. The molecular formula is C7H16BrClSi. The molecule has 0 spiro atoms. The average Bonchev–Trinajstić information content (AvgIpc) is 1.84. The molecule has 0 nitrogen and oxygen atoms in total. The van der Waals surface area contributed by atoms with Crippen molar-refractivity contribution in [1.82, 2.24) is 0 Å². The molecule has 0 saturated carbocycles. The van der Waals surface area contributed by atoms with E-state index in [9.17, 15) is 0 Å².